The molecule has 18 heteroatoms. The van der Waals surface area contributed by atoms with E-state index in [1.165, 1.54) is 37.8 Å². The number of piperazine rings is 1. The monoisotopic (exact) mass is 716 g/mol. The number of imidazole rings is 2. The van der Waals surface area contributed by atoms with Crippen molar-refractivity contribution in [3.63, 3.8) is 0 Å². The number of halogens is 4. The SMILES string of the molecule is COCCn1cnc(-c2n[nH]c(C(F)(F)F)c2Cc2cnc(C(=O)Nc3ccc(C(=O)N4CCN(C(=O)C5CCNCC5)CC4)c(Cl)c3)[nH]2)c1. The van der Waals surface area contributed by atoms with E-state index in [9.17, 15) is 27.6 Å². The number of anilines is 1. The number of carbonyl (C=O) groups is 3. The lowest BCUT2D eigenvalue weighted by Crippen LogP contribution is -2.52. The number of aromatic amines is 2. The number of amides is 3. The van der Waals surface area contributed by atoms with Gasteiger partial charge in [-0.05, 0) is 44.1 Å². The number of hydrogen-bond acceptors (Lipinski definition) is 8. The number of hydrogen-bond donors (Lipinski definition) is 4. The third-order valence-corrected chi connectivity index (χ3v) is 9.13. The normalized spacial score (nSPS) is 15.8. The highest BCUT2D eigenvalue weighted by molar-refractivity contribution is 6.34. The van der Waals surface area contributed by atoms with Gasteiger partial charge in [-0.2, -0.15) is 18.3 Å². The van der Waals surface area contributed by atoms with E-state index < -0.39 is 17.8 Å². The summed E-state index contributed by atoms with van der Waals surface area (Å²) in [4.78, 5) is 53.7. The number of piperidine rings is 1. The summed E-state index contributed by atoms with van der Waals surface area (Å²) in [5.41, 5.74) is -0.160. The number of rotatable bonds is 10. The number of carbonyl (C=O) groups excluding carboxylic acids is 3. The van der Waals surface area contributed by atoms with Crippen LogP contribution in [-0.4, -0.2) is 110 Å². The topological polar surface area (TPSA) is 166 Å². The van der Waals surface area contributed by atoms with Gasteiger partial charge in [-0.1, -0.05) is 11.6 Å². The van der Waals surface area contributed by atoms with Crippen LogP contribution in [0.3, 0.4) is 0 Å². The minimum absolute atomic E-state index is 0.0168. The Balaban J connectivity index is 1.08. The van der Waals surface area contributed by atoms with Gasteiger partial charge in [0.05, 0.1) is 23.5 Å². The first-order valence-electron chi connectivity index (χ1n) is 16.1. The van der Waals surface area contributed by atoms with E-state index in [1.54, 1.807) is 15.7 Å². The Labute approximate surface area is 289 Å². The number of methoxy groups -OCH3 is 1. The van der Waals surface area contributed by atoms with Crippen molar-refractivity contribution in [3.8, 4) is 11.4 Å². The second kappa shape index (κ2) is 15.0. The molecule has 0 aliphatic carbocycles. The van der Waals surface area contributed by atoms with Gasteiger partial charge in [0.1, 0.15) is 17.1 Å². The second-order valence-corrected chi connectivity index (χ2v) is 12.5. The summed E-state index contributed by atoms with van der Waals surface area (Å²) in [7, 11) is 1.54. The summed E-state index contributed by atoms with van der Waals surface area (Å²) < 4.78 is 48.4. The van der Waals surface area contributed by atoms with Crippen molar-refractivity contribution >= 4 is 35.0 Å². The zero-order valence-electron chi connectivity index (χ0n) is 27.1. The fourth-order valence-electron chi connectivity index (χ4n) is 6.12. The number of H-pyrrole nitrogens is 2. The van der Waals surface area contributed by atoms with Crippen LogP contribution in [0.15, 0.2) is 36.9 Å². The molecule has 0 radical (unpaired) electrons. The summed E-state index contributed by atoms with van der Waals surface area (Å²) in [5.74, 6) is -0.935. The number of nitrogens with one attached hydrogen (secondary N) is 4. The molecule has 2 aliphatic rings. The molecule has 266 valence electrons. The molecule has 2 saturated heterocycles. The third-order valence-electron chi connectivity index (χ3n) is 8.82. The minimum atomic E-state index is -4.72. The third kappa shape index (κ3) is 7.84. The van der Waals surface area contributed by atoms with Gasteiger partial charge < -0.3 is 34.7 Å². The van der Waals surface area contributed by atoms with E-state index in [1.807, 2.05) is 4.90 Å². The van der Waals surface area contributed by atoms with Gasteiger partial charge in [-0.3, -0.25) is 19.5 Å². The zero-order chi connectivity index (χ0) is 35.4. The van der Waals surface area contributed by atoms with Crippen molar-refractivity contribution in [2.45, 2.75) is 32.0 Å². The van der Waals surface area contributed by atoms with Gasteiger partial charge in [-0.15, -0.1) is 0 Å². The fraction of sp³-hybridized carbons (Fsp3) is 0.438. The molecule has 2 fully saturated rings. The standard InChI is InChI=1S/C32H36ClF3N10O4/c1-50-13-12-44-17-25(39-18-44)26-23(27(43-42-26)32(34,35)36)14-21-16-38-28(40-21)29(47)41-20-2-3-22(24(33)15-20)31(49)46-10-8-45(9-11-46)30(48)19-4-6-37-7-5-19/h2-3,15-19,37H,4-14H2,1H3,(H,38,40)(H,41,47)(H,42,43). The fourth-order valence-corrected chi connectivity index (χ4v) is 6.39. The van der Waals surface area contributed by atoms with Gasteiger partial charge >= 0.3 is 6.18 Å². The first-order chi connectivity index (χ1) is 24.0. The summed E-state index contributed by atoms with van der Waals surface area (Å²) in [6, 6.07) is 4.47. The highest BCUT2D eigenvalue weighted by Crippen LogP contribution is 2.36. The van der Waals surface area contributed by atoms with E-state index in [0.29, 0.717) is 39.3 Å². The quantitative estimate of drug-likeness (QED) is 0.194. The lowest BCUT2D eigenvalue weighted by atomic mass is 9.96. The Hall–Kier alpha value is -4.74. The summed E-state index contributed by atoms with van der Waals surface area (Å²) in [5, 5.41) is 12.0. The molecule has 0 saturated carbocycles. The van der Waals surface area contributed by atoms with Crippen molar-refractivity contribution in [1.82, 2.24) is 44.8 Å². The van der Waals surface area contributed by atoms with Crippen molar-refractivity contribution < 1.29 is 32.3 Å². The number of ether oxygens (including phenoxy) is 1. The van der Waals surface area contributed by atoms with Crippen LogP contribution < -0.4 is 10.6 Å². The molecule has 1 aromatic carbocycles. The molecule has 0 bridgehead atoms. The maximum absolute atomic E-state index is 13.9. The molecular formula is C32H36ClF3N10O4. The molecular weight excluding hydrogens is 681 g/mol. The molecule has 14 nitrogen and oxygen atoms in total. The van der Waals surface area contributed by atoms with Crippen LogP contribution in [0.4, 0.5) is 18.9 Å². The van der Waals surface area contributed by atoms with Crippen LogP contribution in [0, 0.1) is 5.92 Å². The van der Waals surface area contributed by atoms with Gasteiger partial charge in [0.15, 0.2) is 5.82 Å². The molecule has 50 heavy (non-hydrogen) atoms. The zero-order valence-corrected chi connectivity index (χ0v) is 27.9. The Morgan fingerprint density at radius 3 is 2.52 bits per heavy atom. The summed E-state index contributed by atoms with van der Waals surface area (Å²) in [6.45, 7) is 4.17. The number of aromatic nitrogens is 6. The van der Waals surface area contributed by atoms with Crippen LogP contribution >= 0.6 is 11.6 Å². The van der Waals surface area contributed by atoms with Crippen LogP contribution in [0.1, 0.15) is 50.8 Å². The van der Waals surface area contributed by atoms with E-state index >= 15 is 0 Å². The molecule has 6 rings (SSSR count). The molecule has 0 spiro atoms. The predicted molar refractivity (Wildman–Crippen MR) is 176 cm³/mol. The second-order valence-electron chi connectivity index (χ2n) is 12.1. The molecule has 0 atom stereocenters. The Morgan fingerprint density at radius 1 is 1.08 bits per heavy atom. The van der Waals surface area contributed by atoms with Crippen molar-refractivity contribution in [1.29, 1.82) is 0 Å². The van der Waals surface area contributed by atoms with E-state index in [2.05, 4.69) is 35.8 Å². The first-order valence-corrected chi connectivity index (χ1v) is 16.5. The average Bonchev–Trinajstić information content (AvgIpc) is 3.88. The maximum atomic E-state index is 13.9. The molecule has 3 amide bonds. The molecule has 0 unspecified atom stereocenters. The highest BCUT2D eigenvalue weighted by Gasteiger charge is 2.38. The van der Waals surface area contributed by atoms with Gasteiger partial charge in [0.2, 0.25) is 5.91 Å². The number of alkyl halides is 3. The average molecular weight is 717 g/mol. The lowest BCUT2D eigenvalue weighted by molar-refractivity contribution is -0.141. The van der Waals surface area contributed by atoms with Crippen LogP contribution in [-0.2, 0) is 28.7 Å². The Bertz CT molecular complexity index is 1840. The minimum Gasteiger partial charge on any atom is -0.383 e. The largest absolute Gasteiger partial charge is 0.433 e. The predicted octanol–water partition coefficient (Wildman–Crippen LogP) is 3.44. The number of benzene rings is 1. The first kappa shape index (κ1) is 35.1. The summed E-state index contributed by atoms with van der Waals surface area (Å²) in [6.07, 6.45) is 0.980. The number of nitrogens with zero attached hydrogens (tertiary/aromatic N) is 6. The molecule has 4 N–H and O–H groups in total. The van der Waals surface area contributed by atoms with Crippen LogP contribution in [0.5, 0.6) is 0 Å². The van der Waals surface area contributed by atoms with Crippen molar-refractivity contribution in [2.24, 2.45) is 5.92 Å². The molecule has 3 aromatic heterocycles. The van der Waals surface area contributed by atoms with Crippen molar-refractivity contribution in [2.75, 3.05) is 58.3 Å². The van der Waals surface area contributed by atoms with Crippen LogP contribution in [0.2, 0.25) is 5.02 Å². The Kier molecular flexibility index (Phi) is 10.5. The molecule has 4 aromatic rings. The maximum Gasteiger partial charge on any atom is 0.433 e. The smallest absolute Gasteiger partial charge is 0.383 e. The molecule has 2 aliphatic heterocycles. The van der Waals surface area contributed by atoms with Gasteiger partial charge in [-0.25, -0.2) is 9.97 Å². The van der Waals surface area contributed by atoms with E-state index in [-0.39, 0.29) is 68.9 Å². The van der Waals surface area contributed by atoms with E-state index in [0.717, 1.165) is 25.9 Å². The van der Waals surface area contributed by atoms with Crippen molar-refractivity contribution in [3.05, 3.63) is 70.3 Å². The van der Waals surface area contributed by atoms with Crippen LogP contribution in [0.25, 0.3) is 11.4 Å². The Morgan fingerprint density at radius 2 is 1.82 bits per heavy atom. The summed E-state index contributed by atoms with van der Waals surface area (Å²) >= 11 is 6.47. The van der Waals surface area contributed by atoms with E-state index in [4.69, 9.17) is 16.3 Å². The van der Waals surface area contributed by atoms with Gasteiger partial charge in [0, 0.05) is 81.5 Å². The van der Waals surface area contributed by atoms with Gasteiger partial charge in [0.25, 0.3) is 11.8 Å². The lowest BCUT2D eigenvalue weighted by Gasteiger charge is -2.37. The highest BCUT2D eigenvalue weighted by atomic mass is 35.5. The molecule has 5 heterocycles.